The lowest BCUT2D eigenvalue weighted by molar-refractivity contribution is -0.117. The van der Waals surface area contributed by atoms with E-state index in [1.807, 2.05) is 48.3 Å². The molecule has 35 heavy (non-hydrogen) atoms. The lowest BCUT2D eigenvalue weighted by Gasteiger charge is -2.40. The van der Waals surface area contributed by atoms with Gasteiger partial charge in [0.25, 0.3) is 0 Å². The van der Waals surface area contributed by atoms with Crippen LogP contribution in [0.15, 0.2) is 48.8 Å². The van der Waals surface area contributed by atoms with Crippen LogP contribution in [0.2, 0.25) is 0 Å². The van der Waals surface area contributed by atoms with Gasteiger partial charge in [0.1, 0.15) is 0 Å². The summed E-state index contributed by atoms with van der Waals surface area (Å²) >= 11 is 0. The molecule has 1 fully saturated rings. The third-order valence-electron chi connectivity index (χ3n) is 6.32. The van der Waals surface area contributed by atoms with E-state index in [0.29, 0.717) is 23.0 Å². The normalized spacial score (nSPS) is 16.9. The van der Waals surface area contributed by atoms with Gasteiger partial charge in [-0.05, 0) is 49.6 Å². The molecule has 9 heteroatoms. The molecule has 0 bridgehead atoms. The Labute approximate surface area is 203 Å². The number of hydrogen-bond acceptors (Lipinski definition) is 6. The fourth-order valence-corrected chi connectivity index (χ4v) is 4.45. The van der Waals surface area contributed by atoms with E-state index in [1.54, 1.807) is 11.0 Å². The zero-order valence-corrected chi connectivity index (χ0v) is 19.8. The fraction of sp³-hybridized carbons (Fsp3) is 0.308. The maximum absolute atomic E-state index is 13.4. The van der Waals surface area contributed by atoms with Crippen molar-refractivity contribution in [2.75, 3.05) is 23.5 Å². The topological polar surface area (TPSA) is 101 Å². The predicted molar refractivity (Wildman–Crippen MR) is 130 cm³/mol. The van der Waals surface area contributed by atoms with Crippen LogP contribution in [0.25, 0.3) is 11.1 Å². The lowest BCUT2D eigenvalue weighted by Crippen LogP contribution is -2.52. The highest BCUT2D eigenvalue weighted by Crippen LogP contribution is 2.41. The average molecular weight is 472 g/mol. The van der Waals surface area contributed by atoms with Crippen molar-refractivity contribution in [3.8, 4) is 28.7 Å². The molecule has 1 saturated carbocycles. The van der Waals surface area contributed by atoms with E-state index >= 15 is 0 Å². The van der Waals surface area contributed by atoms with E-state index in [0.717, 1.165) is 24.0 Å². The van der Waals surface area contributed by atoms with E-state index in [1.165, 1.54) is 31.1 Å². The molecule has 178 valence electrons. The summed E-state index contributed by atoms with van der Waals surface area (Å²) < 4.78 is 13.0. The second-order valence-electron chi connectivity index (χ2n) is 8.84. The van der Waals surface area contributed by atoms with Crippen molar-refractivity contribution >= 4 is 23.4 Å². The Bertz CT molecular complexity index is 1350. The molecule has 0 N–H and O–H groups in total. The van der Waals surface area contributed by atoms with Crippen LogP contribution < -0.4 is 19.3 Å². The molecule has 5 rings (SSSR count). The molecule has 1 atom stereocenters. The second kappa shape index (κ2) is 8.80. The van der Waals surface area contributed by atoms with Crippen molar-refractivity contribution in [2.45, 2.75) is 38.8 Å². The number of fused-ring (bicyclic) bond motifs is 1. The molecule has 0 radical (unpaired) electrons. The minimum atomic E-state index is -0.602. The quantitative estimate of drug-likeness (QED) is 0.554. The van der Waals surface area contributed by atoms with Crippen LogP contribution in [0.5, 0.6) is 11.5 Å². The molecule has 2 amide bonds. The Morgan fingerprint density at radius 3 is 2.57 bits per heavy atom. The standard InChI is InChI=1S/C26H25N5O4/c1-16-14-29(26(33)35-24-9-4-18(12-27)10-25(24)34-3)23-11-19(5-8-22(23)31(16)17(2)32)20-13-28-30(15-20)21-6-7-21/h4-5,8-11,13,15-16,21H,6-7,14H2,1-3H3/t16-/m0/s1. The average Bonchev–Trinajstić information content (AvgIpc) is 3.59. The van der Waals surface area contributed by atoms with Crippen molar-refractivity contribution < 1.29 is 19.1 Å². The Morgan fingerprint density at radius 2 is 1.89 bits per heavy atom. The Balaban J connectivity index is 1.51. The first-order chi connectivity index (χ1) is 16.9. The highest BCUT2D eigenvalue weighted by Gasteiger charge is 2.35. The van der Waals surface area contributed by atoms with E-state index in [-0.39, 0.29) is 30.0 Å². The number of aromatic nitrogens is 2. The maximum atomic E-state index is 13.4. The summed E-state index contributed by atoms with van der Waals surface area (Å²) in [7, 11) is 1.45. The van der Waals surface area contributed by atoms with Gasteiger partial charge in [-0.25, -0.2) is 4.79 Å². The van der Waals surface area contributed by atoms with Crippen LogP contribution >= 0.6 is 0 Å². The van der Waals surface area contributed by atoms with Gasteiger partial charge in [-0.15, -0.1) is 0 Å². The van der Waals surface area contributed by atoms with Crippen molar-refractivity contribution in [1.29, 1.82) is 5.26 Å². The van der Waals surface area contributed by atoms with Crippen LogP contribution in [0, 0.1) is 11.3 Å². The fourth-order valence-electron chi connectivity index (χ4n) is 4.45. The van der Waals surface area contributed by atoms with Crippen LogP contribution in [0.1, 0.15) is 38.3 Å². The van der Waals surface area contributed by atoms with Gasteiger partial charge in [-0.2, -0.15) is 10.4 Å². The third kappa shape index (κ3) is 4.19. The Morgan fingerprint density at radius 1 is 1.09 bits per heavy atom. The first kappa shape index (κ1) is 22.5. The molecule has 2 heterocycles. The number of amides is 2. The first-order valence-electron chi connectivity index (χ1n) is 11.5. The number of ether oxygens (including phenoxy) is 2. The minimum absolute atomic E-state index is 0.102. The van der Waals surface area contributed by atoms with Crippen molar-refractivity contribution in [1.82, 2.24) is 9.78 Å². The van der Waals surface area contributed by atoms with Crippen molar-refractivity contribution in [3.63, 3.8) is 0 Å². The summed E-state index contributed by atoms with van der Waals surface area (Å²) in [6.45, 7) is 3.67. The molecule has 2 aromatic carbocycles. The molecule has 1 aromatic heterocycles. The summed E-state index contributed by atoms with van der Waals surface area (Å²) in [5.41, 5.74) is 3.44. The van der Waals surface area contributed by atoms with Gasteiger partial charge in [0.2, 0.25) is 5.91 Å². The van der Waals surface area contributed by atoms with Gasteiger partial charge in [-0.3, -0.25) is 14.4 Å². The van der Waals surface area contributed by atoms with Gasteiger partial charge in [0.05, 0.1) is 48.4 Å². The number of nitrogens with zero attached hydrogens (tertiary/aromatic N) is 5. The molecular formula is C26H25N5O4. The number of anilines is 2. The van der Waals surface area contributed by atoms with Crippen LogP contribution in [0.4, 0.5) is 16.2 Å². The summed E-state index contributed by atoms with van der Waals surface area (Å²) in [6, 6.07) is 12.6. The summed E-state index contributed by atoms with van der Waals surface area (Å²) in [5, 5.41) is 13.6. The summed E-state index contributed by atoms with van der Waals surface area (Å²) in [5.74, 6) is 0.394. The molecule has 0 spiro atoms. The first-order valence-corrected chi connectivity index (χ1v) is 11.5. The monoisotopic (exact) mass is 471 g/mol. The molecular weight excluding hydrogens is 446 g/mol. The van der Waals surface area contributed by atoms with Gasteiger partial charge in [0, 0.05) is 31.3 Å². The van der Waals surface area contributed by atoms with E-state index in [4.69, 9.17) is 14.7 Å². The highest BCUT2D eigenvalue weighted by molar-refractivity contribution is 6.03. The zero-order valence-electron chi connectivity index (χ0n) is 19.8. The van der Waals surface area contributed by atoms with Crippen LogP contribution in [-0.4, -0.2) is 41.5 Å². The maximum Gasteiger partial charge on any atom is 0.420 e. The van der Waals surface area contributed by atoms with E-state index in [9.17, 15) is 9.59 Å². The number of rotatable bonds is 4. The molecule has 1 aliphatic heterocycles. The number of carbonyl (C=O) groups is 2. The summed E-state index contributed by atoms with van der Waals surface area (Å²) in [4.78, 5) is 29.1. The number of methoxy groups -OCH3 is 1. The Hall–Kier alpha value is -4.32. The minimum Gasteiger partial charge on any atom is -0.493 e. The zero-order chi connectivity index (χ0) is 24.7. The lowest BCUT2D eigenvalue weighted by atomic mass is 10.0. The predicted octanol–water partition coefficient (Wildman–Crippen LogP) is 4.53. The van der Waals surface area contributed by atoms with Crippen molar-refractivity contribution in [2.24, 2.45) is 0 Å². The number of carbonyl (C=O) groups excluding carboxylic acids is 2. The molecule has 0 unspecified atom stereocenters. The number of hydrogen-bond donors (Lipinski definition) is 0. The third-order valence-corrected chi connectivity index (χ3v) is 6.32. The molecule has 3 aromatic rings. The number of nitriles is 1. The molecule has 9 nitrogen and oxygen atoms in total. The van der Waals surface area contributed by atoms with Crippen molar-refractivity contribution in [3.05, 3.63) is 54.4 Å². The highest BCUT2D eigenvalue weighted by atomic mass is 16.6. The van der Waals surface area contributed by atoms with Crippen LogP contribution in [0.3, 0.4) is 0 Å². The molecule has 1 aliphatic carbocycles. The Kier molecular flexibility index (Phi) is 5.65. The number of benzene rings is 2. The van der Waals surface area contributed by atoms with E-state index in [2.05, 4.69) is 5.10 Å². The van der Waals surface area contributed by atoms with Gasteiger partial charge < -0.3 is 14.4 Å². The van der Waals surface area contributed by atoms with Crippen LogP contribution in [-0.2, 0) is 4.79 Å². The van der Waals surface area contributed by atoms with Gasteiger partial charge >= 0.3 is 6.09 Å². The largest absolute Gasteiger partial charge is 0.493 e. The van der Waals surface area contributed by atoms with Gasteiger partial charge in [0.15, 0.2) is 11.5 Å². The second-order valence-corrected chi connectivity index (χ2v) is 8.84. The SMILES string of the molecule is COc1cc(C#N)ccc1OC(=O)N1C[C@H](C)N(C(C)=O)c2ccc(-c3cnn(C4CC4)c3)cc21. The molecule has 2 aliphatic rings. The molecule has 0 saturated heterocycles. The van der Waals surface area contributed by atoms with E-state index < -0.39 is 6.09 Å². The summed E-state index contributed by atoms with van der Waals surface area (Å²) in [6.07, 6.45) is 5.50. The smallest absolute Gasteiger partial charge is 0.420 e. The van der Waals surface area contributed by atoms with Gasteiger partial charge in [-0.1, -0.05) is 6.07 Å².